The fraction of sp³-hybridized carbons (Fsp3) is 0.200. The number of para-hydroxylation sites is 1. The molecule has 0 atom stereocenters. The van der Waals surface area contributed by atoms with Crippen LogP contribution in [0.15, 0.2) is 60.8 Å². The summed E-state index contributed by atoms with van der Waals surface area (Å²) < 4.78 is 3.88. The summed E-state index contributed by atoms with van der Waals surface area (Å²) in [7, 11) is 4.18. The number of hydrogen-bond acceptors (Lipinski definition) is 6. The lowest BCUT2D eigenvalue weighted by atomic mass is 10.1. The Morgan fingerprint density at radius 2 is 1.78 bits per heavy atom. The van der Waals surface area contributed by atoms with Gasteiger partial charge in [0.25, 0.3) is 0 Å². The van der Waals surface area contributed by atoms with Crippen molar-refractivity contribution >= 4 is 34.9 Å². The molecule has 0 unspecified atom stereocenters. The van der Waals surface area contributed by atoms with Crippen molar-refractivity contribution in [3.05, 3.63) is 83.0 Å². The Balaban J connectivity index is 1.44. The predicted octanol–water partition coefficient (Wildman–Crippen LogP) is 4.53. The maximum Gasteiger partial charge on any atom is 0.247 e. The summed E-state index contributed by atoms with van der Waals surface area (Å²) in [5, 5.41) is 7.95. The van der Waals surface area contributed by atoms with Crippen molar-refractivity contribution in [2.45, 2.75) is 13.1 Å². The van der Waals surface area contributed by atoms with E-state index in [2.05, 4.69) is 69.0 Å². The van der Waals surface area contributed by atoms with Crippen molar-refractivity contribution in [2.24, 2.45) is 0 Å². The van der Waals surface area contributed by atoms with Crippen LogP contribution in [0.25, 0.3) is 5.65 Å². The van der Waals surface area contributed by atoms with Gasteiger partial charge in [-0.3, -0.25) is 4.90 Å². The standard InChI is InChI=1S/C25H24N6S/c1-29-16-20-12-13-22(15-21(20)17-29)26-25-27-24-19(8-6-14-31(24)28-25)11-10-18-7-4-5-9-23(18)30(2)32-3/h4-9,12-15H,16-17H2,1-3H3,(H,26,28). The zero-order valence-corrected chi connectivity index (χ0v) is 19.1. The molecule has 0 aliphatic carbocycles. The molecule has 32 heavy (non-hydrogen) atoms. The molecule has 7 heteroatoms. The number of nitrogens with zero attached hydrogens (tertiary/aromatic N) is 5. The van der Waals surface area contributed by atoms with E-state index < -0.39 is 0 Å². The third-order valence-electron chi connectivity index (χ3n) is 5.55. The number of rotatable bonds is 4. The van der Waals surface area contributed by atoms with Crippen molar-refractivity contribution in [2.75, 3.05) is 30.0 Å². The summed E-state index contributed by atoms with van der Waals surface area (Å²) in [6.07, 6.45) is 3.95. The highest BCUT2D eigenvalue weighted by Gasteiger charge is 2.16. The maximum absolute atomic E-state index is 4.72. The lowest BCUT2D eigenvalue weighted by Gasteiger charge is -2.16. The summed E-state index contributed by atoms with van der Waals surface area (Å²) in [6, 6.07) is 18.5. The van der Waals surface area contributed by atoms with E-state index in [0.717, 1.165) is 41.2 Å². The molecule has 0 saturated carbocycles. The summed E-state index contributed by atoms with van der Waals surface area (Å²) in [5.41, 5.74) is 7.37. The number of aromatic nitrogens is 3. The molecular weight excluding hydrogens is 416 g/mol. The van der Waals surface area contributed by atoms with E-state index in [9.17, 15) is 0 Å². The van der Waals surface area contributed by atoms with Crippen molar-refractivity contribution in [1.82, 2.24) is 19.5 Å². The largest absolute Gasteiger partial charge is 0.323 e. The molecule has 3 heterocycles. The van der Waals surface area contributed by atoms with Gasteiger partial charge in [0.2, 0.25) is 5.95 Å². The van der Waals surface area contributed by atoms with Gasteiger partial charge >= 0.3 is 0 Å². The molecule has 0 saturated heterocycles. The Morgan fingerprint density at radius 1 is 1.00 bits per heavy atom. The van der Waals surface area contributed by atoms with Crippen LogP contribution in [0, 0.1) is 11.8 Å². The summed E-state index contributed by atoms with van der Waals surface area (Å²) >= 11 is 1.66. The first-order valence-corrected chi connectivity index (χ1v) is 11.6. The third kappa shape index (κ3) is 4.03. The lowest BCUT2D eigenvalue weighted by molar-refractivity contribution is 0.353. The Bertz CT molecular complexity index is 1350. The Hall–Kier alpha value is -3.47. The van der Waals surface area contributed by atoms with Crippen LogP contribution in [0.1, 0.15) is 22.3 Å². The SMILES string of the molecule is CSN(C)c1ccccc1C#Cc1cccn2nc(Nc3ccc4c(c3)CN(C)C4)nc12. The zero-order chi connectivity index (χ0) is 22.1. The van der Waals surface area contributed by atoms with Gasteiger partial charge in [-0.2, -0.15) is 4.98 Å². The molecule has 0 spiro atoms. The second kappa shape index (κ2) is 8.58. The monoisotopic (exact) mass is 440 g/mol. The van der Waals surface area contributed by atoms with E-state index in [1.54, 1.807) is 16.5 Å². The van der Waals surface area contributed by atoms with Crippen molar-refractivity contribution < 1.29 is 0 Å². The highest BCUT2D eigenvalue weighted by molar-refractivity contribution is 7.99. The molecule has 6 nitrogen and oxygen atoms in total. The van der Waals surface area contributed by atoms with Gasteiger partial charge in [0.05, 0.1) is 11.3 Å². The van der Waals surface area contributed by atoms with Gasteiger partial charge < -0.3 is 9.62 Å². The molecule has 2 aromatic heterocycles. The number of benzene rings is 2. The minimum absolute atomic E-state index is 0.563. The van der Waals surface area contributed by atoms with E-state index in [-0.39, 0.29) is 0 Å². The predicted molar refractivity (Wildman–Crippen MR) is 132 cm³/mol. The third-order valence-corrected chi connectivity index (χ3v) is 6.30. The Kier molecular flexibility index (Phi) is 5.48. The lowest BCUT2D eigenvalue weighted by Crippen LogP contribution is -2.07. The van der Waals surface area contributed by atoms with Crippen LogP contribution in [-0.2, 0) is 13.1 Å². The van der Waals surface area contributed by atoms with Crippen LogP contribution >= 0.6 is 11.9 Å². The van der Waals surface area contributed by atoms with Crippen molar-refractivity contribution in [1.29, 1.82) is 0 Å². The van der Waals surface area contributed by atoms with Gasteiger partial charge in [0.15, 0.2) is 5.65 Å². The summed E-state index contributed by atoms with van der Waals surface area (Å²) in [4.78, 5) is 7.02. The fourth-order valence-electron chi connectivity index (χ4n) is 3.92. The van der Waals surface area contributed by atoms with Crippen LogP contribution in [0.2, 0.25) is 0 Å². The first-order valence-electron chi connectivity index (χ1n) is 10.4. The van der Waals surface area contributed by atoms with E-state index in [1.807, 2.05) is 43.6 Å². The number of hydrogen-bond donors (Lipinski definition) is 1. The normalized spacial score (nSPS) is 13.0. The van der Waals surface area contributed by atoms with Gasteiger partial charge in [-0.05, 0) is 54.6 Å². The molecule has 0 radical (unpaired) electrons. The van der Waals surface area contributed by atoms with Crippen LogP contribution in [0.5, 0.6) is 0 Å². The fourth-order valence-corrected chi connectivity index (χ4v) is 4.27. The molecule has 2 aromatic carbocycles. The minimum Gasteiger partial charge on any atom is -0.323 e. The van der Waals surface area contributed by atoms with Crippen molar-refractivity contribution in [3.63, 3.8) is 0 Å². The van der Waals surface area contributed by atoms with E-state index >= 15 is 0 Å². The van der Waals surface area contributed by atoms with Gasteiger partial charge in [-0.25, -0.2) is 4.52 Å². The minimum atomic E-state index is 0.563. The number of anilines is 3. The zero-order valence-electron chi connectivity index (χ0n) is 18.3. The Labute approximate surface area is 192 Å². The number of nitrogens with one attached hydrogen (secondary N) is 1. The molecule has 5 rings (SSSR count). The van der Waals surface area contributed by atoms with Crippen molar-refractivity contribution in [3.8, 4) is 11.8 Å². The van der Waals surface area contributed by atoms with Gasteiger partial charge in [-0.1, -0.05) is 42.0 Å². The average molecular weight is 441 g/mol. The molecule has 1 N–H and O–H groups in total. The van der Waals surface area contributed by atoms with E-state index in [1.165, 1.54) is 11.1 Å². The van der Waals surface area contributed by atoms with Crippen LogP contribution in [-0.4, -0.2) is 39.8 Å². The highest BCUT2D eigenvalue weighted by atomic mass is 32.2. The molecular formula is C25H24N6S. The molecule has 4 aromatic rings. The first kappa shape index (κ1) is 20.4. The molecule has 0 fully saturated rings. The molecule has 1 aliphatic heterocycles. The molecule has 0 bridgehead atoms. The molecule has 1 aliphatic rings. The van der Waals surface area contributed by atoms with Gasteiger partial charge in [0, 0.05) is 43.8 Å². The van der Waals surface area contributed by atoms with Gasteiger partial charge in [0.1, 0.15) is 0 Å². The molecule has 160 valence electrons. The highest BCUT2D eigenvalue weighted by Crippen LogP contribution is 2.26. The average Bonchev–Trinajstić information content (AvgIpc) is 3.39. The molecule has 0 amide bonds. The second-order valence-corrected chi connectivity index (χ2v) is 8.77. The van der Waals surface area contributed by atoms with E-state index in [4.69, 9.17) is 4.98 Å². The number of pyridine rings is 1. The Morgan fingerprint density at radius 3 is 2.66 bits per heavy atom. The van der Waals surface area contributed by atoms with Crippen LogP contribution in [0.4, 0.5) is 17.3 Å². The summed E-state index contributed by atoms with van der Waals surface area (Å²) in [5.74, 6) is 7.18. The topological polar surface area (TPSA) is 48.7 Å². The second-order valence-electron chi connectivity index (χ2n) is 7.85. The summed E-state index contributed by atoms with van der Waals surface area (Å²) in [6.45, 7) is 1.97. The van der Waals surface area contributed by atoms with Gasteiger partial charge in [-0.15, -0.1) is 5.10 Å². The first-order chi connectivity index (χ1) is 15.6. The quantitative estimate of drug-likeness (QED) is 0.372. The number of fused-ring (bicyclic) bond motifs is 2. The maximum atomic E-state index is 4.72. The van der Waals surface area contributed by atoms with Crippen LogP contribution in [0.3, 0.4) is 0 Å². The van der Waals surface area contributed by atoms with E-state index in [0.29, 0.717) is 5.95 Å². The van der Waals surface area contributed by atoms with Crippen LogP contribution < -0.4 is 9.62 Å². The smallest absolute Gasteiger partial charge is 0.247 e.